The van der Waals surface area contributed by atoms with E-state index in [0.717, 1.165) is 32.6 Å². The molecule has 112 valence electrons. The van der Waals surface area contributed by atoms with E-state index >= 15 is 0 Å². The van der Waals surface area contributed by atoms with Gasteiger partial charge >= 0.3 is 0 Å². The van der Waals surface area contributed by atoms with Crippen LogP contribution in [0.15, 0.2) is 30.3 Å². The Morgan fingerprint density at radius 2 is 2.05 bits per heavy atom. The molecule has 1 aliphatic heterocycles. The Morgan fingerprint density at radius 1 is 1.30 bits per heavy atom. The maximum Gasteiger partial charge on any atom is 0.0622 e. The number of rotatable bonds is 6. The molecule has 1 N–H and O–H groups in total. The maximum atomic E-state index is 5.65. The van der Waals surface area contributed by atoms with E-state index in [1.165, 1.54) is 5.56 Å². The summed E-state index contributed by atoms with van der Waals surface area (Å²) < 4.78 is 5.65. The quantitative estimate of drug-likeness (QED) is 0.864. The number of nitrogens with zero attached hydrogens (tertiary/aromatic N) is 1. The molecule has 20 heavy (non-hydrogen) atoms. The third-order valence-corrected chi connectivity index (χ3v) is 4.44. The molecule has 0 saturated carbocycles. The van der Waals surface area contributed by atoms with E-state index in [4.69, 9.17) is 4.74 Å². The fourth-order valence-electron chi connectivity index (χ4n) is 3.36. The number of hydrogen-bond acceptors (Lipinski definition) is 3. The molecule has 0 bridgehead atoms. The zero-order valence-corrected chi connectivity index (χ0v) is 13.0. The first-order chi connectivity index (χ1) is 9.81. The zero-order valence-electron chi connectivity index (χ0n) is 13.0. The van der Waals surface area contributed by atoms with Gasteiger partial charge in [-0.1, -0.05) is 44.2 Å². The molecule has 1 heterocycles. The first-order valence-electron chi connectivity index (χ1n) is 7.87. The van der Waals surface area contributed by atoms with E-state index in [0.29, 0.717) is 18.1 Å². The normalized spacial score (nSPS) is 23.4. The molecule has 3 heteroatoms. The van der Waals surface area contributed by atoms with Crippen LogP contribution < -0.4 is 5.32 Å². The summed E-state index contributed by atoms with van der Waals surface area (Å²) in [6, 6.07) is 12.3. The standard InChI is InChI=1S/C17H28N2O/c1-4-15-13-20-12-11-19(15)16(5-2)17(18-3)14-9-7-6-8-10-14/h6-10,15-18H,4-5,11-13H2,1-3H3. The highest BCUT2D eigenvalue weighted by Crippen LogP contribution is 2.27. The van der Waals surface area contributed by atoms with Crippen LogP contribution in [0.2, 0.25) is 0 Å². The minimum Gasteiger partial charge on any atom is -0.378 e. The van der Waals surface area contributed by atoms with Gasteiger partial charge in [-0.25, -0.2) is 0 Å². The molecule has 1 fully saturated rings. The van der Waals surface area contributed by atoms with Crippen LogP contribution in [0, 0.1) is 0 Å². The van der Waals surface area contributed by atoms with Gasteiger partial charge in [0, 0.05) is 24.7 Å². The van der Waals surface area contributed by atoms with Gasteiger partial charge in [-0.15, -0.1) is 0 Å². The minimum absolute atomic E-state index is 0.383. The van der Waals surface area contributed by atoms with Crippen molar-refractivity contribution >= 4 is 0 Å². The van der Waals surface area contributed by atoms with Crippen molar-refractivity contribution in [3.63, 3.8) is 0 Å². The lowest BCUT2D eigenvalue weighted by atomic mass is 9.94. The van der Waals surface area contributed by atoms with Crippen LogP contribution in [0.4, 0.5) is 0 Å². The van der Waals surface area contributed by atoms with Crippen LogP contribution in [0.3, 0.4) is 0 Å². The molecule has 3 atom stereocenters. The third kappa shape index (κ3) is 3.40. The molecule has 1 saturated heterocycles. The van der Waals surface area contributed by atoms with E-state index in [-0.39, 0.29) is 0 Å². The third-order valence-electron chi connectivity index (χ3n) is 4.44. The molecule has 2 rings (SSSR count). The molecule has 3 unspecified atom stereocenters. The highest BCUT2D eigenvalue weighted by atomic mass is 16.5. The number of benzene rings is 1. The summed E-state index contributed by atoms with van der Waals surface area (Å²) >= 11 is 0. The lowest BCUT2D eigenvalue weighted by Gasteiger charge is -2.43. The number of hydrogen-bond donors (Lipinski definition) is 1. The van der Waals surface area contributed by atoms with Crippen molar-refractivity contribution in [1.29, 1.82) is 0 Å². The summed E-state index contributed by atoms with van der Waals surface area (Å²) in [5, 5.41) is 3.53. The van der Waals surface area contributed by atoms with Gasteiger partial charge in [-0.3, -0.25) is 4.90 Å². The van der Waals surface area contributed by atoms with Crippen molar-refractivity contribution in [1.82, 2.24) is 10.2 Å². The van der Waals surface area contributed by atoms with Gasteiger partial charge in [-0.2, -0.15) is 0 Å². The summed E-state index contributed by atoms with van der Waals surface area (Å²) in [5.74, 6) is 0. The maximum absolute atomic E-state index is 5.65. The molecule has 0 aliphatic carbocycles. The lowest BCUT2D eigenvalue weighted by molar-refractivity contribution is -0.0383. The van der Waals surface area contributed by atoms with Gasteiger partial charge in [0.05, 0.1) is 13.2 Å². The Kier molecular flexibility index (Phi) is 6.02. The van der Waals surface area contributed by atoms with Gasteiger partial charge in [0.25, 0.3) is 0 Å². The first kappa shape index (κ1) is 15.5. The zero-order chi connectivity index (χ0) is 14.4. The molecule has 1 aliphatic rings. The lowest BCUT2D eigenvalue weighted by Crippen LogP contribution is -2.54. The van der Waals surface area contributed by atoms with Gasteiger partial charge < -0.3 is 10.1 Å². The van der Waals surface area contributed by atoms with Crippen LogP contribution in [0.1, 0.15) is 38.3 Å². The van der Waals surface area contributed by atoms with E-state index < -0.39 is 0 Å². The minimum atomic E-state index is 0.383. The van der Waals surface area contributed by atoms with Crippen LogP contribution in [-0.2, 0) is 4.74 Å². The average molecular weight is 276 g/mol. The van der Waals surface area contributed by atoms with E-state index in [9.17, 15) is 0 Å². The smallest absolute Gasteiger partial charge is 0.0622 e. The Bertz CT molecular complexity index is 382. The molecule has 0 spiro atoms. The van der Waals surface area contributed by atoms with Crippen molar-refractivity contribution in [2.75, 3.05) is 26.8 Å². The van der Waals surface area contributed by atoms with Crippen molar-refractivity contribution in [3.05, 3.63) is 35.9 Å². The fraction of sp³-hybridized carbons (Fsp3) is 0.647. The van der Waals surface area contributed by atoms with Crippen LogP contribution in [-0.4, -0.2) is 43.8 Å². The summed E-state index contributed by atoms with van der Waals surface area (Å²) in [4.78, 5) is 2.65. The Balaban J connectivity index is 2.20. The highest BCUT2D eigenvalue weighted by molar-refractivity contribution is 5.20. The van der Waals surface area contributed by atoms with Crippen LogP contribution in [0.25, 0.3) is 0 Å². The van der Waals surface area contributed by atoms with E-state index in [2.05, 4.69) is 61.4 Å². The molecular formula is C17H28N2O. The largest absolute Gasteiger partial charge is 0.378 e. The van der Waals surface area contributed by atoms with Crippen molar-refractivity contribution < 1.29 is 4.74 Å². The van der Waals surface area contributed by atoms with Crippen molar-refractivity contribution in [2.45, 2.75) is 44.8 Å². The van der Waals surface area contributed by atoms with E-state index in [1.807, 2.05) is 0 Å². The predicted octanol–water partition coefficient (Wildman–Crippen LogP) is 2.84. The number of ether oxygens (including phenoxy) is 1. The summed E-state index contributed by atoms with van der Waals surface area (Å²) in [5.41, 5.74) is 1.38. The predicted molar refractivity (Wildman–Crippen MR) is 83.9 cm³/mol. The Labute approximate surface area is 123 Å². The van der Waals surface area contributed by atoms with E-state index in [1.54, 1.807) is 0 Å². The monoisotopic (exact) mass is 276 g/mol. The Morgan fingerprint density at radius 3 is 2.65 bits per heavy atom. The molecule has 0 aromatic heterocycles. The average Bonchev–Trinajstić information content (AvgIpc) is 2.53. The van der Waals surface area contributed by atoms with Gasteiger partial charge in [0.15, 0.2) is 0 Å². The number of likely N-dealkylation sites (N-methyl/N-ethyl adjacent to an activating group) is 1. The second kappa shape index (κ2) is 7.77. The molecule has 0 radical (unpaired) electrons. The first-order valence-corrected chi connectivity index (χ1v) is 7.87. The molecule has 1 aromatic carbocycles. The van der Waals surface area contributed by atoms with Crippen LogP contribution in [0.5, 0.6) is 0 Å². The molecule has 0 amide bonds. The SMILES string of the molecule is CCC1COCCN1C(CC)C(NC)c1ccccc1. The van der Waals surface area contributed by atoms with Gasteiger partial charge in [-0.05, 0) is 25.5 Å². The highest BCUT2D eigenvalue weighted by Gasteiger charge is 2.32. The van der Waals surface area contributed by atoms with Crippen LogP contribution >= 0.6 is 0 Å². The fourth-order valence-corrected chi connectivity index (χ4v) is 3.36. The number of nitrogens with one attached hydrogen (secondary N) is 1. The second-order valence-electron chi connectivity index (χ2n) is 5.53. The van der Waals surface area contributed by atoms with Crippen molar-refractivity contribution in [3.8, 4) is 0 Å². The van der Waals surface area contributed by atoms with Gasteiger partial charge in [0.2, 0.25) is 0 Å². The summed E-state index contributed by atoms with van der Waals surface area (Å²) in [6.07, 6.45) is 2.30. The second-order valence-corrected chi connectivity index (χ2v) is 5.53. The molecule has 3 nitrogen and oxygen atoms in total. The number of morpholine rings is 1. The van der Waals surface area contributed by atoms with Crippen molar-refractivity contribution in [2.24, 2.45) is 0 Å². The summed E-state index contributed by atoms with van der Waals surface area (Å²) in [6.45, 7) is 7.33. The summed E-state index contributed by atoms with van der Waals surface area (Å²) in [7, 11) is 2.07. The Hall–Kier alpha value is -0.900. The molecular weight excluding hydrogens is 248 g/mol. The molecule has 1 aromatic rings. The van der Waals surface area contributed by atoms with Gasteiger partial charge in [0.1, 0.15) is 0 Å². The topological polar surface area (TPSA) is 24.5 Å².